The van der Waals surface area contributed by atoms with Gasteiger partial charge in [0.25, 0.3) is 0 Å². The second-order valence-corrected chi connectivity index (χ2v) is 10.8. The molecule has 7 heteroatoms. The Morgan fingerprint density at radius 1 is 1.14 bits per heavy atom. The summed E-state index contributed by atoms with van der Waals surface area (Å²) in [4.78, 5) is 16.4. The second-order valence-electron chi connectivity index (χ2n) is 10.8. The Labute approximate surface area is 212 Å². The summed E-state index contributed by atoms with van der Waals surface area (Å²) in [5.41, 5.74) is 5.60. The quantitative estimate of drug-likeness (QED) is 0.423. The summed E-state index contributed by atoms with van der Waals surface area (Å²) < 4.78 is 22.1. The van der Waals surface area contributed by atoms with Crippen LogP contribution in [0, 0.1) is 5.82 Å². The van der Waals surface area contributed by atoms with Gasteiger partial charge in [0.1, 0.15) is 5.82 Å². The van der Waals surface area contributed by atoms with E-state index in [2.05, 4.69) is 17.2 Å². The van der Waals surface area contributed by atoms with E-state index in [0.717, 1.165) is 24.1 Å². The molecule has 2 heterocycles. The first-order valence-corrected chi connectivity index (χ1v) is 12.7. The van der Waals surface area contributed by atoms with Crippen LogP contribution in [-0.2, 0) is 42.9 Å². The van der Waals surface area contributed by atoms with Crippen LogP contribution in [-0.4, -0.2) is 32.4 Å². The molecule has 4 rings (SSSR count). The maximum Gasteiger partial charge on any atom is 0.303 e. The Morgan fingerprint density at radius 2 is 1.92 bits per heavy atom. The van der Waals surface area contributed by atoms with Crippen molar-refractivity contribution in [2.24, 2.45) is 7.05 Å². The van der Waals surface area contributed by atoms with E-state index < -0.39 is 11.9 Å². The lowest BCUT2D eigenvalue weighted by molar-refractivity contribution is -0.137. The van der Waals surface area contributed by atoms with Crippen molar-refractivity contribution in [3.05, 3.63) is 76.0 Å². The van der Waals surface area contributed by atoms with Gasteiger partial charge in [-0.2, -0.15) is 5.10 Å². The second kappa shape index (κ2) is 10.8. The van der Waals surface area contributed by atoms with E-state index in [-0.39, 0.29) is 17.7 Å². The number of fused-ring (bicyclic) bond motifs is 1. The van der Waals surface area contributed by atoms with Crippen LogP contribution in [0.4, 0.5) is 4.39 Å². The first-order valence-electron chi connectivity index (χ1n) is 12.7. The van der Waals surface area contributed by atoms with Crippen LogP contribution in [0.25, 0.3) is 0 Å². The molecule has 0 amide bonds. The molecule has 0 aliphatic heterocycles. The standard InChI is InChI=1S/C29H36FN3O3/c1-29(2,3)22-13-20(14-23(30)17-22)21(16-28(34)35)15-25-18-27(33(4)32-25)36-12-11-24-10-9-19-7-5-6-8-26(19)31-24/h9-10,13-14,17-18,21H,5-8,11-12,15-16H2,1-4H3,(H,34,35). The molecule has 0 saturated heterocycles. The van der Waals surface area contributed by atoms with Crippen LogP contribution in [0.2, 0.25) is 0 Å². The van der Waals surface area contributed by atoms with Crippen molar-refractivity contribution in [3.63, 3.8) is 0 Å². The van der Waals surface area contributed by atoms with Crippen molar-refractivity contribution in [2.75, 3.05) is 6.61 Å². The molecule has 0 spiro atoms. The molecular formula is C29H36FN3O3. The highest BCUT2D eigenvalue weighted by Crippen LogP contribution is 2.31. The minimum absolute atomic E-state index is 0.107. The molecule has 0 radical (unpaired) electrons. The SMILES string of the molecule is Cn1nc(CC(CC(=O)O)c2cc(F)cc(C(C)(C)C)c2)cc1OCCc1ccc2c(n1)CCCC2. The van der Waals surface area contributed by atoms with Gasteiger partial charge >= 0.3 is 5.97 Å². The summed E-state index contributed by atoms with van der Waals surface area (Å²) in [7, 11) is 1.81. The molecule has 1 N–H and O–H groups in total. The minimum atomic E-state index is -0.925. The summed E-state index contributed by atoms with van der Waals surface area (Å²) in [5, 5.41) is 14.1. The van der Waals surface area contributed by atoms with E-state index >= 15 is 0 Å². The first kappa shape index (κ1) is 25.9. The zero-order valence-corrected chi connectivity index (χ0v) is 21.7. The minimum Gasteiger partial charge on any atom is -0.481 e. The molecule has 192 valence electrons. The molecular weight excluding hydrogens is 457 g/mol. The van der Waals surface area contributed by atoms with Gasteiger partial charge in [-0.1, -0.05) is 32.9 Å². The molecule has 3 aromatic rings. The lowest BCUT2D eigenvalue weighted by Gasteiger charge is -2.22. The van der Waals surface area contributed by atoms with Crippen molar-refractivity contribution in [1.29, 1.82) is 0 Å². The highest BCUT2D eigenvalue weighted by Gasteiger charge is 2.23. The van der Waals surface area contributed by atoms with Crippen LogP contribution in [0.5, 0.6) is 5.88 Å². The predicted octanol–water partition coefficient (Wildman–Crippen LogP) is 5.55. The highest BCUT2D eigenvalue weighted by atomic mass is 19.1. The first-order chi connectivity index (χ1) is 17.1. The van der Waals surface area contributed by atoms with Gasteiger partial charge in [-0.15, -0.1) is 0 Å². The van der Waals surface area contributed by atoms with Crippen LogP contribution in [0.1, 0.15) is 79.7 Å². The molecule has 1 atom stereocenters. The van der Waals surface area contributed by atoms with E-state index in [0.29, 0.717) is 36.6 Å². The van der Waals surface area contributed by atoms with E-state index in [1.165, 1.54) is 36.2 Å². The molecule has 0 saturated carbocycles. The van der Waals surface area contributed by atoms with Crippen LogP contribution in [0.3, 0.4) is 0 Å². The Hall–Kier alpha value is -3.22. The smallest absolute Gasteiger partial charge is 0.303 e. The summed E-state index contributed by atoms with van der Waals surface area (Å²) in [6.07, 6.45) is 5.58. The van der Waals surface area contributed by atoms with Crippen molar-refractivity contribution in [1.82, 2.24) is 14.8 Å². The molecule has 1 aliphatic rings. The number of nitrogens with zero attached hydrogens (tertiary/aromatic N) is 3. The average molecular weight is 494 g/mol. The van der Waals surface area contributed by atoms with Crippen molar-refractivity contribution in [2.45, 2.75) is 77.0 Å². The fourth-order valence-corrected chi connectivity index (χ4v) is 4.82. The van der Waals surface area contributed by atoms with Crippen LogP contribution < -0.4 is 4.74 Å². The lowest BCUT2D eigenvalue weighted by atomic mass is 9.83. The third-order valence-electron chi connectivity index (χ3n) is 6.87. The average Bonchev–Trinajstić information content (AvgIpc) is 3.16. The summed E-state index contributed by atoms with van der Waals surface area (Å²) in [6.45, 7) is 6.52. The lowest BCUT2D eigenvalue weighted by Crippen LogP contribution is -2.15. The Kier molecular flexibility index (Phi) is 7.76. The largest absolute Gasteiger partial charge is 0.481 e. The van der Waals surface area contributed by atoms with Gasteiger partial charge < -0.3 is 9.84 Å². The van der Waals surface area contributed by atoms with E-state index in [1.54, 1.807) is 4.68 Å². The van der Waals surface area contributed by atoms with Crippen molar-refractivity contribution in [3.8, 4) is 5.88 Å². The molecule has 0 bridgehead atoms. The normalized spacial score (nSPS) is 14.4. The number of hydrogen-bond donors (Lipinski definition) is 1. The number of ether oxygens (including phenoxy) is 1. The zero-order chi connectivity index (χ0) is 25.9. The molecule has 1 unspecified atom stereocenters. The number of hydrogen-bond acceptors (Lipinski definition) is 4. The number of halogens is 1. The number of benzene rings is 1. The third-order valence-corrected chi connectivity index (χ3v) is 6.87. The molecule has 6 nitrogen and oxygen atoms in total. The number of aliphatic carboxylic acids is 1. The zero-order valence-electron chi connectivity index (χ0n) is 21.7. The van der Waals surface area contributed by atoms with Crippen molar-refractivity contribution < 1.29 is 19.0 Å². The van der Waals surface area contributed by atoms with Crippen LogP contribution >= 0.6 is 0 Å². The summed E-state index contributed by atoms with van der Waals surface area (Å²) >= 11 is 0. The van der Waals surface area contributed by atoms with Crippen molar-refractivity contribution >= 4 is 5.97 Å². The third kappa shape index (κ3) is 6.50. The number of carbonyl (C=O) groups is 1. The number of carboxylic acid groups (broad SMARTS) is 1. The van der Waals surface area contributed by atoms with E-state index in [1.807, 2.05) is 40.0 Å². The van der Waals surface area contributed by atoms with Gasteiger partial charge in [0.15, 0.2) is 0 Å². The number of rotatable bonds is 9. The number of aromatic nitrogens is 3. The monoisotopic (exact) mass is 493 g/mol. The van der Waals surface area contributed by atoms with E-state index in [4.69, 9.17) is 9.72 Å². The number of aryl methyl sites for hydroxylation is 3. The fourth-order valence-electron chi connectivity index (χ4n) is 4.82. The van der Waals surface area contributed by atoms with Gasteiger partial charge in [0.05, 0.1) is 18.7 Å². The molecule has 1 aromatic carbocycles. The van der Waals surface area contributed by atoms with Gasteiger partial charge in [-0.05, 0) is 72.4 Å². The van der Waals surface area contributed by atoms with Crippen LogP contribution in [0.15, 0.2) is 36.4 Å². The van der Waals surface area contributed by atoms with Gasteiger partial charge in [0.2, 0.25) is 5.88 Å². The predicted molar refractivity (Wildman–Crippen MR) is 137 cm³/mol. The molecule has 2 aromatic heterocycles. The number of carboxylic acids is 1. The topological polar surface area (TPSA) is 77.2 Å². The molecule has 1 aliphatic carbocycles. The van der Waals surface area contributed by atoms with E-state index in [9.17, 15) is 14.3 Å². The Bertz CT molecular complexity index is 1230. The maximum atomic E-state index is 14.4. The van der Waals surface area contributed by atoms with Gasteiger partial charge in [0, 0.05) is 36.8 Å². The van der Waals surface area contributed by atoms with Gasteiger partial charge in [-0.3, -0.25) is 9.78 Å². The number of pyridine rings is 1. The summed E-state index contributed by atoms with van der Waals surface area (Å²) in [5.74, 6) is -1.06. The maximum absolute atomic E-state index is 14.4. The Balaban J connectivity index is 1.44. The Morgan fingerprint density at radius 3 is 2.67 bits per heavy atom. The highest BCUT2D eigenvalue weighted by molar-refractivity contribution is 5.68. The summed E-state index contributed by atoms with van der Waals surface area (Å²) in [6, 6.07) is 11.0. The fraction of sp³-hybridized carbons (Fsp3) is 0.483. The molecule has 36 heavy (non-hydrogen) atoms. The van der Waals surface area contributed by atoms with Gasteiger partial charge in [-0.25, -0.2) is 9.07 Å². The molecule has 0 fully saturated rings.